The van der Waals surface area contributed by atoms with E-state index in [1.165, 1.54) is 11.8 Å². The summed E-state index contributed by atoms with van der Waals surface area (Å²) in [5, 5.41) is 12.0. The molecule has 0 aliphatic carbocycles. The van der Waals surface area contributed by atoms with Crippen LogP contribution in [-0.4, -0.2) is 26.9 Å². The molecule has 2 N–H and O–H groups in total. The van der Waals surface area contributed by atoms with Crippen molar-refractivity contribution in [3.05, 3.63) is 40.6 Å². The average molecular weight is 378 g/mol. The van der Waals surface area contributed by atoms with E-state index in [0.29, 0.717) is 27.4 Å². The Hall–Kier alpha value is -1.99. The summed E-state index contributed by atoms with van der Waals surface area (Å²) in [5.74, 6) is 0.694. The van der Waals surface area contributed by atoms with E-state index in [-0.39, 0.29) is 17.9 Å². The second-order valence-corrected chi connectivity index (χ2v) is 7.39. The van der Waals surface area contributed by atoms with Crippen molar-refractivity contribution >= 4 is 40.9 Å². The molecule has 0 spiro atoms. The summed E-state index contributed by atoms with van der Waals surface area (Å²) >= 11 is 7.38. The van der Waals surface area contributed by atoms with Gasteiger partial charge in [-0.05, 0) is 43.4 Å². The number of nitrogens with one attached hydrogen (secondary N) is 2. The molecular formula is C17H20ClN5OS. The van der Waals surface area contributed by atoms with Crippen LogP contribution in [0.2, 0.25) is 5.02 Å². The van der Waals surface area contributed by atoms with Crippen LogP contribution in [0.1, 0.15) is 26.8 Å². The van der Waals surface area contributed by atoms with Crippen LogP contribution in [0.5, 0.6) is 0 Å². The minimum Gasteiger partial charge on any atom is -0.328 e. The van der Waals surface area contributed by atoms with Crippen LogP contribution >= 0.6 is 23.4 Å². The molecule has 6 nitrogen and oxygen atoms in total. The maximum atomic E-state index is 13.0. The zero-order chi connectivity index (χ0) is 18.1. The van der Waals surface area contributed by atoms with Crippen LogP contribution in [0.3, 0.4) is 0 Å². The predicted octanol–water partition coefficient (Wildman–Crippen LogP) is 4.19. The molecule has 0 saturated heterocycles. The molecular weight excluding hydrogens is 358 g/mol. The average Bonchev–Trinajstić information content (AvgIpc) is 2.97. The number of benzene rings is 1. The normalized spacial score (nSPS) is 16.6. The molecule has 2 aromatic rings. The molecule has 0 fully saturated rings. The van der Waals surface area contributed by atoms with Crippen LogP contribution in [0.15, 0.2) is 40.7 Å². The number of allylic oxidation sites excluding steroid dienone is 1. The van der Waals surface area contributed by atoms with Gasteiger partial charge in [-0.1, -0.05) is 37.2 Å². The van der Waals surface area contributed by atoms with Gasteiger partial charge in [0, 0.05) is 16.4 Å². The lowest BCUT2D eigenvalue weighted by Crippen LogP contribution is -2.33. The highest BCUT2D eigenvalue weighted by molar-refractivity contribution is 7.98. The van der Waals surface area contributed by atoms with E-state index in [0.717, 1.165) is 5.70 Å². The molecule has 132 valence electrons. The monoisotopic (exact) mass is 377 g/mol. The van der Waals surface area contributed by atoms with Crippen molar-refractivity contribution < 1.29 is 4.79 Å². The summed E-state index contributed by atoms with van der Waals surface area (Å²) in [6.45, 7) is 6.04. The number of rotatable bonds is 4. The first-order valence-corrected chi connectivity index (χ1v) is 9.56. The number of halogens is 1. The molecule has 2 heterocycles. The number of hydrogen-bond donors (Lipinski definition) is 2. The maximum Gasteiger partial charge on any atom is 0.255 e. The topological polar surface area (TPSA) is 71.8 Å². The van der Waals surface area contributed by atoms with E-state index in [1.807, 2.05) is 13.2 Å². The first kappa shape index (κ1) is 17.8. The van der Waals surface area contributed by atoms with E-state index >= 15 is 0 Å². The van der Waals surface area contributed by atoms with Gasteiger partial charge in [-0.25, -0.2) is 4.68 Å². The highest BCUT2D eigenvalue weighted by Crippen LogP contribution is 2.36. The van der Waals surface area contributed by atoms with Crippen LogP contribution in [0, 0.1) is 5.92 Å². The number of nitrogens with zero attached hydrogens (tertiary/aromatic N) is 3. The number of thioether (sulfide) groups is 1. The maximum absolute atomic E-state index is 13.0. The van der Waals surface area contributed by atoms with Crippen LogP contribution in [0.25, 0.3) is 0 Å². The summed E-state index contributed by atoms with van der Waals surface area (Å²) in [6.07, 6.45) is 1.93. The second kappa shape index (κ2) is 7.09. The Labute approximate surface area is 156 Å². The quantitative estimate of drug-likeness (QED) is 0.781. The van der Waals surface area contributed by atoms with Gasteiger partial charge in [-0.2, -0.15) is 4.98 Å². The lowest BCUT2D eigenvalue weighted by atomic mass is 9.92. The number of anilines is 2. The van der Waals surface area contributed by atoms with Crippen molar-refractivity contribution in [3.63, 3.8) is 0 Å². The molecule has 1 amide bonds. The first-order valence-electron chi connectivity index (χ1n) is 7.96. The van der Waals surface area contributed by atoms with Crippen molar-refractivity contribution in [2.75, 3.05) is 16.9 Å². The van der Waals surface area contributed by atoms with Gasteiger partial charge in [0.25, 0.3) is 5.91 Å². The van der Waals surface area contributed by atoms with Gasteiger partial charge in [0.2, 0.25) is 11.1 Å². The smallest absolute Gasteiger partial charge is 0.255 e. The van der Waals surface area contributed by atoms with Gasteiger partial charge in [0.15, 0.2) is 0 Å². The van der Waals surface area contributed by atoms with Gasteiger partial charge >= 0.3 is 0 Å². The van der Waals surface area contributed by atoms with E-state index < -0.39 is 0 Å². The van der Waals surface area contributed by atoms with Crippen molar-refractivity contribution in [1.82, 2.24) is 14.8 Å². The largest absolute Gasteiger partial charge is 0.328 e. The molecule has 1 aromatic heterocycles. The zero-order valence-electron chi connectivity index (χ0n) is 14.5. The standard InChI is InChI=1S/C17H20ClN5OS/c1-9(2)14-13(15(24)20-12-7-5-11(18)6-8-12)10(3)19-16-21-17(25-4)22-23(14)16/h5-9,14H,1-4H3,(H,20,24)(H,19,21,22). The van der Waals surface area contributed by atoms with E-state index in [9.17, 15) is 4.79 Å². The summed E-state index contributed by atoms with van der Waals surface area (Å²) in [4.78, 5) is 17.4. The number of carbonyl (C=O) groups excluding carboxylic acids is 1. The van der Waals surface area contributed by atoms with Crippen LogP contribution in [0.4, 0.5) is 11.6 Å². The van der Waals surface area contributed by atoms with Gasteiger partial charge < -0.3 is 10.6 Å². The Morgan fingerprint density at radius 2 is 2.04 bits per heavy atom. The second-order valence-electron chi connectivity index (χ2n) is 6.18. The third-order valence-electron chi connectivity index (χ3n) is 4.04. The number of carbonyl (C=O) groups is 1. The Balaban J connectivity index is 1.94. The summed E-state index contributed by atoms with van der Waals surface area (Å²) in [6, 6.07) is 6.87. The van der Waals surface area contributed by atoms with E-state index in [4.69, 9.17) is 11.6 Å². The fraction of sp³-hybridized carbons (Fsp3) is 0.353. The van der Waals surface area contributed by atoms with Crippen molar-refractivity contribution in [3.8, 4) is 0 Å². The zero-order valence-corrected chi connectivity index (χ0v) is 16.1. The fourth-order valence-electron chi connectivity index (χ4n) is 2.90. The number of hydrogen-bond acceptors (Lipinski definition) is 5. The number of amides is 1. The Morgan fingerprint density at radius 1 is 1.36 bits per heavy atom. The molecule has 1 unspecified atom stereocenters. The number of aromatic nitrogens is 3. The summed E-state index contributed by atoms with van der Waals surface area (Å²) in [7, 11) is 0. The van der Waals surface area contributed by atoms with Crippen molar-refractivity contribution in [2.45, 2.75) is 32.0 Å². The van der Waals surface area contributed by atoms with Gasteiger partial charge in [0.1, 0.15) is 0 Å². The molecule has 3 rings (SSSR count). The minimum absolute atomic E-state index is 0.155. The third-order valence-corrected chi connectivity index (χ3v) is 4.83. The lowest BCUT2D eigenvalue weighted by molar-refractivity contribution is -0.113. The molecule has 8 heteroatoms. The molecule has 0 bridgehead atoms. The minimum atomic E-state index is -0.183. The van der Waals surface area contributed by atoms with Gasteiger partial charge in [-0.15, -0.1) is 5.10 Å². The predicted molar refractivity (Wildman–Crippen MR) is 102 cm³/mol. The van der Waals surface area contributed by atoms with Crippen molar-refractivity contribution in [1.29, 1.82) is 0 Å². The van der Waals surface area contributed by atoms with Gasteiger partial charge in [-0.3, -0.25) is 4.79 Å². The molecule has 0 saturated carbocycles. The van der Waals surface area contributed by atoms with Crippen molar-refractivity contribution in [2.24, 2.45) is 5.92 Å². The SMILES string of the molecule is CSc1nc2n(n1)C(C(C)C)C(C(=O)Nc1ccc(Cl)cc1)=C(C)N2. The van der Waals surface area contributed by atoms with E-state index in [1.54, 1.807) is 28.9 Å². The molecule has 1 aliphatic heterocycles. The Kier molecular flexibility index (Phi) is 5.06. The molecule has 0 radical (unpaired) electrons. The van der Waals surface area contributed by atoms with Crippen LogP contribution in [-0.2, 0) is 4.79 Å². The summed E-state index contributed by atoms with van der Waals surface area (Å²) < 4.78 is 1.81. The third kappa shape index (κ3) is 3.52. The molecule has 25 heavy (non-hydrogen) atoms. The van der Waals surface area contributed by atoms with Gasteiger partial charge in [0.05, 0.1) is 11.6 Å². The summed E-state index contributed by atoms with van der Waals surface area (Å²) in [5.41, 5.74) is 2.15. The Morgan fingerprint density at radius 3 is 2.64 bits per heavy atom. The van der Waals surface area contributed by atoms with Crippen LogP contribution < -0.4 is 10.6 Å². The molecule has 1 aromatic carbocycles. The number of fused-ring (bicyclic) bond motifs is 1. The molecule has 1 aliphatic rings. The Bertz CT molecular complexity index is 828. The fourth-order valence-corrected chi connectivity index (χ4v) is 3.37. The van der Waals surface area contributed by atoms with E-state index in [2.05, 4.69) is 34.6 Å². The highest BCUT2D eigenvalue weighted by atomic mass is 35.5. The molecule has 1 atom stereocenters. The lowest BCUT2D eigenvalue weighted by Gasteiger charge is -2.30. The highest BCUT2D eigenvalue weighted by Gasteiger charge is 2.34. The first-order chi connectivity index (χ1) is 11.9.